The average Bonchev–Trinajstić information content (AvgIpc) is 2.35. The molecule has 0 saturated heterocycles. The van der Waals surface area contributed by atoms with Crippen LogP contribution < -0.4 is 0 Å². The second-order valence-electron chi connectivity index (χ2n) is 5.99. The fourth-order valence-corrected chi connectivity index (χ4v) is 1.50. The first-order valence-corrected chi connectivity index (χ1v) is 6.85. The van der Waals surface area contributed by atoms with Crippen molar-refractivity contribution in [1.29, 1.82) is 0 Å². The van der Waals surface area contributed by atoms with Gasteiger partial charge in [0.2, 0.25) is 0 Å². The lowest BCUT2D eigenvalue weighted by Gasteiger charge is -2.16. The molecule has 0 aliphatic carbocycles. The second kappa shape index (κ2) is 7.29. The number of carbonyl (C=O) groups excluding carboxylic acids is 1. The first kappa shape index (κ1) is 15.7. The first-order valence-electron chi connectivity index (χ1n) is 6.85. The molecular weight excluding hydrogens is 240 g/mol. The fraction of sp³-hybridized carbons (Fsp3) is 0.562. The van der Waals surface area contributed by atoms with Crippen LogP contribution in [-0.4, -0.2) is 12.6 Å². The summed E-state index contributed by atoms with van der Waals surface area (Å²) in [5.41, 5.74) is 1.74. The van der Waals surface area contributed by atoms with Gasteiger partial charge in [0.1, 0.15) is 0 Å². The van der Waals surface area contributed by atoms with E-state index in [2.05, 4.69) is 6.92 Å². The van der Waals surface area contributed by atoms with Gasteiger partial charge in [0.25, 0.3) is 0 Å². The zero-order valence-corrected chi connectivity index (χ0v) is 12.4. The summed E-state index contributed by atoms with van der Waals surface area (Å²) in [5, 5.41) is 0. The molecule has 3 nitrogen and oxygen atoms in total. The van der Waals surface area contributed by atoms with Crippen molar-refractivity contribution >= 4 is 5.97 Å². The molecule has 3 heteroatoms. The van der Waals surface area contributed by atoms with Crippen molar-refractivity contribution in [3.63, 3.8) is 0 Å². The van der Waals surface area contributed by atoms with Crippen LogP contribution in [-0.2, 0) is 16.2 Å². The van der Waals surface area contributed by atoms with E-state index < -0.39 is 5.97 Å². The summed E-state index contributed by atoms with van der Waals surface area (Å²) in [6, 6.07) is 7.51. The molecule has 0 fully saturated rings. The van der Waals surface area contributed by atoms with Gasteiger partial charge in [0, 0.05) is 0 Å². The van der Waals surface area contributed by atoms with Gasteiger partial charge in [0.15, 0.2) is 0 Å². The largest absolute Gasteiger partial charge is 0.373 e. The highest BCUT2D eigenvalue weighted by molar-refractivity contribution is 5.88. The summed E-state index contributed by atoms with van der Waals surface area (Å²) in [6.45, 7) is 8.60. The molecular formula is C16H24O3. The number of benzene rings is 1. The number of hydrogen-bond acceptors (Lipinski definition) is 3. The van der Waals surface area contributed by atoms with E-state index in [1.54, 1.807) is 12.1 Å². The number of aryl methyl sites for hydroxylation is 1. The lowest BCUT2D eigenvalue weighted by Crippen LogP contribution is -2.17. The van der Waals surface area contributed by atoms with Crippen LogP contribution in [0.2, 0.25) is 0 Å². The third-order valence-electron chi connectivity index (χ3n) is 2.64. The normalized spacial score (nSPS) is 11.4. The highest BCUT2D eigenvalue weighted by Gasteiger charge is 2.14. The Bertz CT molecular complexity index is 387. The van der Waals surface area contributed by atoms with Gasteiger partial charge in [-0.1, -0.05) is 46.2 Å². The zero-order valence-electron chi connectivity index (χ0n) is 12.4. The molecule has 0 amide bonds. The van der Waals surface area contributed by atoms with Gasteiger partial charge >= 0.3 is 5.97 Å². The number of hydrogen-bond donors (Lipinski definition) is 0. The second-order valence-corrected chi connectivity index (χ2v) is 5.99. The highest BCUT2D eigenvalue weighted by atomic mass is 17.2. The predicted molar refractivity (Wildman–Crippen MR) is 75.9 cm³/mol. The Morgan fingerprint density at radius 2 is 1.79 bits per heavy atom. The molecule has 0 N–H and O–H groups in total. The maximum atomic E-state index is 11.7. The lowest BCUT2D eigenvalue weighted by molar-refractivity contribution is -0.255. The first-order chi connectivity index (χ1) is 8.92. The highest BCUT2D eigenvalue weighted by Crippen LogP contribution is 2.14. The van der Waals surface area contributed by atoms with E-state index in [0.717, 1.165) is 6.42 Å². The van der Waals surface area contributed by atoms with Crippen molar-refractivity contribution in [2.75, 3.05) is 6.61 Å². The van der Waals surface area contributed by atoms with E-state index in [0.29, 0.717) is 12.2 Å². The third kappa shape index (κ3) is 6.39. The molecule has 106 valence electrons. The lowest BCUT2D eigenvalue weighted by atomic mass is 9.99. The van der Waals surface area contributed by atoms with Gasteiger partial charge in [-0.3, -0.25) is 4.89 Å². The van der Waals surface area contributed by atoms with Crippen LogP contribution in [0.3, 0.4) is 0 Å². The Balaban J connectivity index is 2.44. The topological polar surface area (TPSA) is 35.5 Å². The fourth-order valence-electron chi connectivity index (χ4n) is 1.50. The van der Waals surface area contributed by atoms with Crippen LogP contribution in [0.5, 0.6) is 0 Å². The smallest absolute Gasteiger partial charge is 0.293 e. The molecule has 0 aromatic heterocycles. The van der Waals surface area contributed by atoms with Crippen LogP contribution in [0, 0.1) is 5.41 Å². The molecule has 0 heterocycles. The number of rotatable bonds is 6. The van der Waals surface area contributed by atoms with E-state index >= 15 is 0 Å². The zero-order chi connectivity index (χ0) is 14.3. The van der Waals surface area contributed by atoms with Crippen LogP contribution in [0.15, 0.2) is 24.3 Å². The average molecular weight is 264 g/mol. The summed E-state index contributed by atoms with van der Waals surface area (Å²) in [7, 11) is 0. The maximum Gasteiger partial charge on any atom is 0.373 e. The Morgan fingerprint density at radius 3 is 2.32 bits per heavy atom. The minimum Gasteiger partial charge on any atom is -0.293 e. The molecule has 0 aliphatic heterocycles. The number of unbranched alkanes of at least 4 members (excludes halogenated alkanes) is 1. The quantitative estimate of drug-likeness (QED) is 0.571. The van der Waals surface area contributed by atoms with Gasteiger partial charge < -0.3 is 0 Å². The van der Waals surface area contributed by atoms with Gasteiger partial charge in [0.05, 0.1) is 12.2 Å². The molecule has 1 rings (SSSR count). The molecule has 0 unspecified atom stereocenters. The van der Waals surface area contributed by atoms with Crippen LogP contribution in [0.4, 0.5) is 0 Å². The SMILES string of the molecule is CCCCc1ccc(C(=O)OOCC(C)(C)C)cc1. The van der Waals surface area contributed by atoms with E-state index in [4.69, 9.17) is 9.78 Å². The minimum absolute atomic E-state index is 0.0235. The van der Waals surface area contributed by atoms with E-state index in [1.165, 1.54) is 18.4 Å². The van der Waals surface area contributed by atoms with Crippen LogP contribution in [0.1, 0.15) is 56.5 Å². The van der Waals surface area contributed by atoms with Crippen molar-refractivity contribution in [2.45, 2.75) is 47.0 Å². The minimum atomic E-state index is -0.439. The molecule has 0 radical (unpaired) electrons. The molecule has 0 atom stereocenters. The maximum absolute atomic E-state index is 11.7. The van der Waals surface area contributed by atoms with Crippen LogP contribution in [0.25, 0.3) is 0 Å². The van der Waals surface area contributed by atoms with Gasteiger partial charge in [-0.25, -0.2) is 4.79 Å². The Morgan fingerprint density at radius 1 is 1.16 bits per heavy atom. The standard InChI is InChI=1S/C16H24O3/c1-5-6-7-13-8-10-14(11-9-13)15(17)19-18-12-16(2,3)4/h8-11H,5-7,12H2,1-4H3. The van der Waals surface area contributed by atoms with E-state index in [-0.39, 0.29) is 5.41 Å². The Kier molecular flexibility index (Phi) is 6.03. The summed E-state index contributed by atoms with van der Waals surface area (Å²) in [6.07, 6.45) is 3.38. The van der Waals surface area contributed by atoms with Crippen molar-refractivity contribution in [1.82, 2.24) is 0 Å². The number of carbonyl (C=O) groups is 1. The van der Waals surface area contributed by atoms with E-state index in [9.17, 15) is 4.79 Å². The molecule has 0 bridgehead atoms. The van der Waals surface area contributed by atoms with Crippen molar-refractivity contribution < 1.29 is 14.6 Å². The summed E-state index contributed by atoms with van der Waals surface area (Å²) in [4.78, 5) is 21.5. The summed E-state index contributed by atoms with van der Waals surface area (Å²) < 4.78 is 0. The molecule has 1 aromatic rings. The van der Waals surface area contributed by atoms with Gasteiger partial charge in [-0.2, -0.15) is 4.89 Å². The molecule has 1 aromatic carbocycles. The molecule has 0 aliphatic rings. The van der Waals surface area contributed by atoms with Crippen molar-refractivity contribution in [3.05, 3.63) is 35.4 Å². The van der Waals surface area contributed by atoms with Crippen molar-refractivity contribution in [3.8, 4) is 0 Å². The van der Waals surface area contributed by atoms with E-state index in [1.807, 2.05) is 32.9 Å². The van der Waals surface area contributed by atoms with Crippen molar-refractivity contribution in [2.24, 2.45) is 5.41 Å². The Labute approximate surface area is 115 Å². The monoisotopic (exact) mass is 264 g/mol. The molecule has 0 spiro atoms. The summed E-state index contributed by atoms with van der Waals surface area (Å²) in [5.74, 6) is -0.439. The van der Waals surface area contributed by atoms with Crippen LogP contribution >= 0.6 is 0 Å². The molecule has 0 saturated carbocycles. The molecule has 19 heavy (non-hydrogen) atoms. The third-order valence-corrected chi connectivity index (χ3v) is 2.64. The van der Waals surface area contributed by atoms with Gasteiger partial charge in [-0.15, -0.1) is 0 Å². The Hall–Kier alpha value is -1.35. The summed E-state index contributed by atoms with van der Waals surface area (Å²) >= 11 is 0. The van der Waals surface area contributed by atoms with Gasteiger partial charge in [-0.05, 0) is 36.0 Å². The predicted octanol–water partition coefficient (Wildman–Crippen LogP) is 4.16.